The Morgan fingerprint density at radius 2 is 1.74 bits per heavy atom. The molecule has 0 N–H and O–H groups in total. The number of ether oxygens (including phenoxy) is 2. The Kier molecular flexibility index (Phi) is 3.59. The maximum atomic E-state index is 13.7. The molecule has 0 saturated heterocycles. The molecule has 1 aliphatic heterocycles. The molecule has 5 nitrogen and oxygen atoms in total. The number of rotatable bonds is 4. The number of carbonyl (C=O) groups is 2. The largest absolute Gasteiger partial charge is 0.354 e. The van der Waals surface area contributed by atoms with E-state index in [1.807, 2.05) is 0 Å². The van der Waals surface area contributed by atoms with E-state index in [2.05, 4.69) is 0 Å². The molecule has 0 fully saturated rings. The van der Waals surface area contributed by atoms with Crippen LogP contribution in [0.25, 0.3) is 0 Å². The number of benzene rings is 1. The Morgan fingerprint density at radius 3 is 2.32 bits per heavy atom. The first-order valence-electron chi connectivity index (χ1n) is 5.41. The highest BCUT2D eigenvalue weighted by Gasteiger charge is 2.41. The third kappa shape index (κ3) is 2.11. The van der Waals surface area contributed by atoms with Crippen LogP contribution in [0.1, 0.15) is 10.4 Å². The molecule has 0 unspecified atom stereocenters. The average molecular weight is 271 g/mol. The van der Waals surface area contributed by atoms with E-state index >= 15 is 0 Å². The lowest BCUT2D eigenvalue weighted by molar-refractivity contribution is -0.119. The minimum Gasteiger partial charge on any atom is -0.354 e. The van der Waals surface area contributed by atoms with Gasteiger partial charge in [0.25, 0.3) is 11.7 Å². The van der Waals surface area contributed by atoms with Gasteiger partial charge >= 0.3 is 0 Å². The summed E-state index contributed by atoms with van der Waals surface area (Å²) in [6, 6.07) is 1.68. The van der Waals surface area contributed by atoms with Crippen LogP contribution in [-0.2, 0) is 14.3 Å². The molecule has 0 spiro atoms. The molecular weight excluding hydrogens is 260 g/mol. The fraction of sp³-hybridized carbons (Fsp3) is 0.333. The molecule has 1 heterocycles. The van der Waals surface area contributed by atoms with E-state index in [4.69, 9.17) is 9.47 Å². The number of hydrogen-bond acceptors (Lipinski definition) is 4. The molecule has 0 radical (unpaired) electrons. The molecule has 7 heteroatoms. The smallest absolute Gasteiger partial charge is 0.299 e. The van der Waals surface area contributed by atoms with Crippen LogP contribution in [0.4, 0.5) is 14.5 Å². The van der Waals surface area contributed by atoms with Crippen LogP contribution in [0.3, 0.4) is 0 Å². The second-order valence-corrected chi connectivity index (χ2v) is 3.90. The van der Waals surface area contributed by atoms with Gasteiger partial charge in [0.15, 0.2) is 6.29 Å². The van der Waals surface area contributed by atoms with E-state index in [0.717, 1.165) is 17.0 Å². The number of hydrogen-bond donors (Lipinski definition) is 0. The van der Waals surface area contributed by atoms with Crippen LogP contribution in [-0.4, -0.2) is 38.7 Å². The number of carbonyl (C=O) groups excluding carboxylic acids is 2. The summed E-state index contributed by atoms with van der Waals surface area (Å²) in [7, 11) is 2.67. The highest BCUT2D eigenvalue weighted by atomic mass is 19.1. The van der Waals surface area contributed by atoms with Gasteiger partial charge in [0.1, 0.15) is 11.6 Å². The minimum atomic E-state index is -1.07. The highest BCUT2D eigenvalue weighted by Crippen LogP contribution is 2.33. The van der Waals surface area contributed by atoms with Gasteiger partial charge in [-0.15, -0.1) is 0 Å². The number of halogens is 2. The van der Waals surface area contributed by atoms with Crippen LogP contribution in [0.15, 0.2) is 12.1 Å². The molecule has 0 aliphatic carbocycles. The van der Waals surface area contributed by atoms with Gasteiger partial charge in [-0.1, -0.05) is 0 Å². The Labute approximate surface area is 107 Å². The fourth-order valence-corrected chi connectivity index (χ4v) is 1.92. The quantitative estimate of drug-likeness (QED) is 0.608. The second-order valence-electron chi connectivity index (χ2n) is 3.90. The van der Waals surface area contributed by atoms with Gasteiger partial charge in [-0.3, -0.25) is 14.5 Å². The lowest BCUT2D eigenvalue weighted by Gasteiger charge is -2.22. The summed E-state index contributed by atoms with van der Waals surface area (Å²) in [4.78, 5) is 24.3. The topological polar surface area (TPSA) is 55.8 Å². The van der Waals surface area contributed by atoms with Crippen molar-refractivity contribution in [2.24, 2.45) is 0 Å². The van der Waals surface area contributed by atoms with E-state index in [9.17, 15) is 18.4 Å². The van der Waals surface area contributed by atoms with Crippen molar-refractivity contribution in [3.8, 4) is 0 Å². The zero-order chi connectivity index (χ0) is 14.2. The van der Waals surface area contributed by atoms with Gasteiger partial charge < -0.3 is 9.47 Å². The van der Waals surface area contributed by atoms with E-state index in [1.165, 1.54) is 14.2 Å². The predicted molar refractivity (Wildman–Crippen MR) is 60.8 cm³/mol. The summed E-state index contributed by atoms with van der Waals surface area (Å²) in [6.45, 7) is -0.203. The van der Waals surface area contributed by atoms with Gasteiger partial charge in [-0.2, -0.15) is 0 Å². The summed E-state index contributed by atoms with van der Waals surface area (Å²) >= 11 is 0. The maximum absolute atomic E-state index is 13.7. The Morgan fingerprint density at radius 1 is 1.16 bits per heavy atom. The molecule has 2 rings (SSSR count). The Hall–Kier alpha value is -1.86. The molecular formula is C12H11F2NO4. The predicted octanol–water partition coefficient (Wildman–Crippen LogP) is 1.11. The zero-order valence-corrected chi connectivity index (χ0v) is 10.3. The fourth-order valence-electron chi connectivity index (χ4n) is 1.92. The first-order chi connectivity index (χ1) is 9.01. The molecule has 0 saturated carbocycles. The van der Waals surface area contributed by atoms with E-state index in [0.29, 0.717) is 0 Å². The van der Waals surface area contributed by atoms with Gasteiger partial charge in [0, 0.05) is 14.2 Å². The number of fused-ring (bicyclic) bond motifs is 1. The van der Waals surface area contributed by atoms with Crippen LogP contribution < -0.4 is 4.90 Å². The van der Waals surface area contributed by atoms with E-state index in [-0.39, 0.29) is 12.2 Å². The number of ketones is 1. The standard InChI is InChI=1S/C12H11F2NO4/c1-18-8(19-2)5-15-10-7(14)4-3-6(13)9(10)11(16)12(15)17/h3-4,8H,5H2,1-2H3. The van der Waals surface area contributed by atoms with Crippen molar-refractivity contribution in [3.63, 3.8) is 0 Å². The summed E-state index contributed by atoms with van der Waals surface area (Å²) in [6.07, 6.45) is -0.842. The van der Waals surface area contributed by atoms with Gasteiger partial charge in [-0.05, 0) is 12.1 Å². The van der Waals surface area contributed by atoms with Crippen LogP contribution in [0, 0.1) is 11.6 Å². The zero-order valence-electron chi connectivity index (χ0n) is 10.3. The molecule has 19 heavy (non-hydrogen) atoms. The first kappa shape index (κ1) is 13.6. The summed E-state index contributed by atoms with van der Waals surface area (Å²) in [5.41, 5.74) is -0.912. The van der Waals surface area contributed by atoms with Crippen molar-refractivity contribution in [1.29, 1.82) is 0 Å². The molecule has 0 aromatic heterocycles. The van der Waals surface area contributed by atoms with Gasteiger partial charge in [-0.25, -0.2) is 8.78 Å². The average Bonchev–Trinajstić information content (AvgIpc) is 2.66. The van der Waals surface area contributed by atoms with Crippen molar-refractivity contribution >= 4 is 17.4 Å². The maximum Gasteiger partial charge on any atom is 0.299 e. The Balaban J connectivity index is 2.47. The van der Waals surface area contributed by atoms with Crippen molar-refractivity contribution in [2.75, 3.05) is 25.7 Å². The van der Waals surface area contributed by atoms with Crippen LogP contribution in [0.5, 0.6) is 0 Å². The summed E-state index contributed by atoms with van der Waals surface area (Å²) in [5.74, 6) is -3.85. The SMILES string of the molecule is COC(CN1C(=O)C(=O)c2c(F)ccc(F)c21)OC. The summed E-state index contributed by atoms with van der Waals surface area (Å²) < 4.78 is 37.0. The molecule has 1 aromatic rings. The monoisotopic (exact) mass is 271 g/mol. The van der Waals surface area contributed by atoms with Crippen molar-refractivity contribution < 1.29 is 27.8 Å². The minimum absolute atomic E-state index is 0.203. The van der Waals surface area contributed by atoms with Crippen LogP contribution >= 0.6 is 0 Å². The third-order valence-electron chi connectivity index (χ3n) is 2.87. The van der Waals surface area contributed by atoms with E-state index in [1.54, 1.807) is 0 Å². The number of nitrogens with zero attached hydrogens (tertiary/aromatic N) is 1. The lowest BCUT2D eigenvalue weighted by Crippen LogP contribution is -2.38. The Bertz CT molecular complexity index is 543. The molecule has 0 atom stereocenters. The molecule has 1 aromatic carbocycles. The summed E-state index contributed by atoms with van der Waals surface area (Å²) in [5, 5.41) is 0. The van der Waals surface area contributed by atoms with Crippen molar-refractivity contribution in [2.45, 2.75) is 6.29 Å². The molecule has 1 amide bonds. The normalized spacial score (nSPS) is 14.5. The number of Topliss-reactive ketones (excluding diaryl/α,β-unsaturated/α-hetero) is 1. The highest BCUT2D eigenvalue weighted by molar-refractivity contribution is 6.52. The van der Waals surface area contributed by atoms with Crippen LogP contribution in [0.2, 0.25) is 0 Å². The second kappa shape index (κ2) is 5.02. The lowest BCUT2D eigenvalue weighted by atomic mass is 10.1. The van der Waals surface area contributed by atoms with Crippen molar-refractivity contribution in [1.82, 2.24) is 0 Å². The third-order valence-corrected chi connectivity index (χ3v) is 2.87. The number of amides is 1. The van der Waals surface area contributed by atoms with E-state index < -0.39 is 35.2 Å². The molecule has 102 valence electrons. The van der Waals surface area contributed by atoms with Crippen molar-refractivity contribution in [3.05, 3.63) is 29.3 Å². The first-order valence-corrected chi connectivity index (χ1v) is 5.41. The number of anilines is 1. The van der Waals surface area contributed by atoms with Gasteiger partial charge in [0.05, 0.1) is 17.8 Å². The number of methoxy groups -OCH3 is 2. The van der Waals surface area contributed by atoms with Gasteiger partial charge in [0.2, 0.25) is 0 Å². The molecule has 0 bridgehead atoms. The molecule has 1 aliphatic rings.